The molecule has 1 aromatic heterocycles. The number of thiophene rings is 1. The van der Waals surface area contributed by atoms with Gasteiger partial charge in [0.15, 0.2) is 0 Å². The smallest absolute Gasteiger partial charge is 0.341 e. The molecule has 0 atom stereocenters. The van der Waals surface area contributed by atoms with Gasteiger partial charge in [-0.25, -0.2) is 4.79 Å². The molecule has 0 fully saturated rings. The van der Waals surface area contributed by atoms with E-state index in [0.717, 1.165) is 16.9 Å². The number of rotatable bonds is 8. The summed E-state index contributed by atoms with van der Waals surface area (Å²) in [6.45, 7) is 5.42. The van der Waals surface area contributed by atoms with Crippen molar-refractivity contribution in [3.05, 3.63) is 39.8 Å². The van der Waals surface area contributed by atoms with Crippen LogP contribution in [0.4, 0.5) is 10.7 Å². The molecule has 156 valence electrons. The number of hydrogen-bond donors (Lipinski definition) is 3. The molecule has 2 aromatic rings. The summed E-state index contributed by atoms with van der Waals surface area (Å²) in [7, 11) is 3.05. The Kier molecular flexibility index (Phi) is 7.60. The van der Waals surface area contributed by atoms with Crippen LogP contribution in [-0.2, 0) is 9.53 Å². The predicted octanol–water partition coefficient (Wildman–Crippen LogP) is 2.96. The second-order valence-corrected chi connectivity index (χ2v) is 7.19. The fraction of sp³-hybridized carbons (Fsp3) is 0.350. The second-order valence-electron chi connectivity index (χ2n) is 6.17. The first-order chi connectivity index (χ1) is 13.8. The lowest BCUT2D eigenvalue weighted by Gasteiger charge is -2.12. The third-order valence-corrected chi connectivity index (χ3v) is 5.31. The molecule has 29 heavy (non-hydrogen) atoms. The van der Waals surface area contributed by atoms with Crippen molar-refractivity contribution in [2.45, 2.75) is 20.8 Å². The number of anilines is 2. The van der Waals surface area contributed by atoms with E-state index in [4.69, 9.17) is 9.47 Å². The molecule has 3 N–H and O–H groups in total. The quantitative estimate of drug-likeness (QED) is 0.568. The van der Waals surface area contributed by atoms with Crippen LogP contribution in [0.5, 0.6) is 5.75 Å². The van der Waals surface area contributed by atoms with Gasteiger partial charge in [-0.2, -0.15) is 0 Å². The van der Waals surface area contributed by atoms with Crippen molar-refractivity contribution in [3.8, 4) is 5.75 Å². The maximum atomic E-state index is 12.5. The fourth-order valence-corrected chi connectivity index (χ4v) is 3.84. The van der Waals surface area contributed by atoms with Gasteiger partial charge in [0.2, 0.25) is 5.91 Å². The molecule has 0 saturated carbocycles. The van der Waals surface area contributed by atoms with Gasteiger partial charge in [0, 0.05) is 7.05 Å². The van der Waals surface area contributed by atoms with Crippen LogP contribution < -0.4 is 20.7 Å². The molecule has 0 spiro atoms. The number of ether oxygens (including phenoxy) is 2. The molecule has 1 heterocycles. The van der Waals surface area contributed by atoms with Gasteiger partial charge in [-0.1, -0.05) is 6.07 Å². The minimum absolute atomic E-state index is 0.0473. The first-order valence-corrected chi connectivity index (χ1v) is 9.84. The molecular formula is C20H25N3O5S. The lowest BCUT2D eigenvalue weighted by molar-refractivity contribution is -0.114. The van der Waals surface area contributed by atoms with Gasteiger partial charge < -0.3 is 25.4 Å². The second kappa shape index (κ2) is 9.92. The Balaban J connectivity index is 2.22. The highest BCUT2D eigenvalue weighted by Gasteiger charge is 2.26. The first-order valence-electron chi connectivity index (χ1n) is 9.03. The summed E-state index contributed by atoms with van der Waals surface area (Å²) < 4.78 is 10.4. The number of methoxy groups -OCH3 is 1. The number of hydrogen-bond acceptors (Lipinski definition) is 7. The van der Waals surface area contributed by atoms with Crippen LogP contribution in [-0.4, -0.2) is 45.1 Å². The van der Waals surface area contributed by atoms with Crippen molar-refractivity contribution in [3.63, 3.8) is 0 Å². The Morgan fingerprint density at radius 1 is 1.17 bits per heavy atom. The van der Waals surface area contributed by atoms with Crippen molar-refractivity contribution in [2.75, 3.05) is 37.9 Å². The van der Waals surface area contributed by atoms with Crippen LogP contribution in [0.3, 0.4) is 0 Å². The maximum Gasteiger partial charge on any atom is 0.341 e. The number of carbonyl (C=O) groups excluding carboxylic acids is 3. The van der Waals surface area contributed by atoms with E-state index in [0.29, 0.717) is 21.9 Å². The van der Waals surface area contributed by atoms with E-state index >= 15 is 0 Å². The van der Waals surface area contributed by atoms with Gasteiger partial charge in [-0.15, -0.1) is 11.3 Å². The van der Waals surface area contributed by atoms with Gasteiger partial charge in [0.25, 0.3) is 5.91 Å². The highest BCUT2D eigenvalue weighted by molar-refractivity contribution is 7.18. The summed E-state index contributed by atoms with van der Waals surface area (Å²) in [6, 6.07) is 5.59. The Bertz CT molecular complexity index is 923. The van der Waals surface area contributed by atoms with Crippen LogP contribution in [0.1, 0.15) is 38.1 Å². The Morgan fingerprint density at radius 3 is 2.52 bits per heavy atom. The number of nitrogens with one attached hydrogen (secondary N) is 3. The molecule has 0 radical (unpaired) electrons. The highest BCUT2D eigenvalue weighted by Crippen LogP contribution is 2.34. The zero-order valence-electron chi connectivity index (χ0n) is 17.1. The average Bonchev–Trinajstić information content (AvgIpc) is 3.01. The minimum Gasteiger partial charge on any atom is -0.495 e. The normalized spacial score (nSPS) is 10.2. The van der Waals surface area contributed by atoms with Gasteiger partial charge in [0.1, 0.15) is 10.8 Å². The zero-order chi connectivity index (χ0) is 21.6. The van der Waals surface area contributed by atoms with Crippen molar-refractivity contribution < 1.29 is 23.9 Å². The van der Waals surface area contributed by atoms with Gasteiger partial charge >= 0.3 is 5.97 Å². The maximum absolute atomic E-state index is 12.5. The van der Waals surface area contributed by atoms with Crippen LogP contribution in [0.2, 0.25) is 0 Å². The summed E-state index contributed by atoms with van der Waals surface area (Å²) in [5, 5.41) is 8.55. The Morgan fingerprint density at radius 2 is 1.90 bits per heavy atom. The zero-order valence-corrected chi connectivity index (χ0v) is 17.9. The SMILES string of the molecule is CCOC(=O)c1c(NC(=O)CNc2cc(C)ccc2OC)sc(C(=O)NC)c1C. The van der Waals surface area contributed by atoms with E-state index < -0.39 is 5.97 Å². The van der Waals surface area contributed by atoms with Gasteiger partial charge in [0.05, 0.1) is 36.4 Å². The highest BCUT2D eigenvalue weighted by atomic mass is 32.1. The molecule has 8 nitrogen and oxygen atoms in total. The molecule has 0 unspecified atom stereocenters. The third kappa shape index (κ3) is 5.26. The number of esters is 1. The molecule has 0 saturated heterocycles. The van der Waals surface area contributed by atoms with E-state index in [2.05, 4.69) is 16.0 Å². The summed E-state index contributed by atoms with van der Waals surface area (Å²) in [4.78, 5) is 37.3. The largest absolute Gasteiger partial charge is 0.495 e. The van der Waals surface area contributed by atoms with Crippen molar-refractivity contribution in [2.24, 2.45) is 0 Å². The number of aryl methyl sites for hydroxylation is 1. The van der Waals surface area contributed by atoms with Crippen molar-refractivity contribution in [1.29, 1.82) is 0 Å². The lowest BCUT2D eigenvalue weighted by atomic mass is 10.1. The van der Waals surface area contributed by atoms with E-state index in [1.807, 2.05) is 25.1 Å². The lowest BCUT2D eigenvalue weighted by Crippen LogP contribution is -2.22. The molecule has 0 aliphatic carbocycles. The summed E-state index contributed by atoms with van der Waals surface area (Å²) in [5.74, 6) is -0.672. The van der Waals surface area contributed by atoms with E-state index in [1.54, 1.807) is 21.0 Å². The van der Waals surface area contributed by atoms with Crippen LogP contribution in [0, 0.1) is 13.8 Å². The molecule has 1 aromatic carbocycles. The molecule has 0 bridgehead atoms. The van der Waals surface area contributed by atoms with E-state index in [1.165, 1.54) is 7.05 Å². The summed E-state index contributed by atoms with van der Waals surface area (Å²) in [5.41, 5.74) is 2.36. The monoisotopic (exact) mass is 419 g/mol. The van der Waals surface area contributed by atoms with Gasteiger partial charge in [-0.3, -0.25) is 9.59 Å². The Hall–Kier alpha value is -3.07. The summed E-state index contributed by atoms with van der Waals surface area (Å²) >= 11 is 1.04. The number of carbonyl (C=O) groups is 3. The summed E-state index contributed by atoms with van der Waals surface area (Å²) in [6.07, 6.45) is 0. The topological polar surface area (TPSA) is 106 Å². The number of amides is 2. The van der Waals surface area contributed by atoms with E-state index in [-0.39, 0.29) is 35.5 Å². The fourth-order valence-electron chi connectivity index (χ4n) is 2.69. The minimum atomic E-state index is -0.583. The molecule has 2 amide bonds. The van der Waals surface area contributed by atoms with Crippen molar-refractivity contribution >= 4 is 39.8 Å². The van der Waals surface area contributed by atoms with Crippen molar-refractivity contribution in [1.82, 2.24) is 5.32 Å². The third-order valence-electron chi connectivity index (χ3n) is 4.11. The average molecular weight is 420 g/mol. The first kappa shape index (κ1) is 22.2. The molecule has 0 aliphatic rings. The molecule has 9 heteroatoms. The van der Waals surface area contributed by atoms with Crippen LogP contribution >= 0.6 is 11.3 Å². The number of benzene rings is 1. The van der Waals surface area contributed by atoms with E-state index in [9.17, 15) is 14.4 Å². The van der Waals surface area contributed by atoms with Gasteiger partial charge in [-0.05, 0) is 44.0 Å². The van der Waals surface area contributed by atoms with Crippen LogP contribution in [0.25, 0.3) is 0 Å². The predicted molar refractivity (Wildman–Crippen MR) is 113 cm³/mol. The van der Waals surface area contributed by atoms with Crippen LogP contribution in [0.15, 0.2) is 18.2 Å². The Labute approximate surface area is 173 Å². The molecule has 0 aliphatic heterocycles. The standard InChI is InChI=1S/C20H25N3O5S/c1-6-28-20(26)16-12(3)17(18(25)21-4)29-19(16)23-15(24)10-22-13-9-11(2)7-8-14(13)27-5/h7-9,22H,6,10H2,1-5H3,(H,21,25)(H,23,24). The molecular weight excluding hydrogens is 394 g/mol. The molecule has 2 rings (SSSR count).